The highest BCUT2D eigenvalue weighted by atomic mass is 79.9. The van der Waals surface area contributed by atoms with Gasteiger partial charge in [0, 0.05) is 15.8 Å². The van der Waals surface area contributed by atoms with Crippen LogP contribution in [-0.2, 0) is 6.42 Å². The summed E-state index contributed by atoms with van der Waals surface area (Å²) in [6.45, 7) is 4.19. The molecule has 100 valence electrons. The van der Waals surface area contributed by atoms with Gasteiger partial charge in [0.1, 0.15) is 0 Å². The summed E-state index contributed by atoms with van der Waals surface area (Å²) in [6.07, 6.45) is 2.54. The van der Waals surface area contributed by atoms with Gasteiger partial charge in [0.15, 0.2) is 5.78 Å². The van der Waals surface area contributed by atoms with E-state index in [1.165, 1.54) is 16.0 Å². The number of thiophene rings is 1. The fourth-order valence-corrected chi connectivity index (χ4v) is 3.52. The summed E-state index contributed by atoms with van der Waals surface area (Å²) < 4.78 is 1.10. The van der Waals surface area contributed by atoms with E-state index in [9.17, 15) is 4.79 Å². The van der Waals surface area contributed by atoms with Gasteiger partial charge in [-0.15, -0.1) is 11.3 Å². The fraction of sp³-hybridized carbons (Fsp3) is 0.312. The van der Waals surface area contributed by atoms with Crippen LogP contribution < -0.4 is 0 Å². The van der Waals surface area contributed by atoms with E-state index in [1.54, 1.807) is 11.3 Å². The van der Waals surface area contributed by atoms with Gasteiger partial charge < -0.3 is 0 Å². The standard InChI is InChI=1S/C16H17BrOS/c1-3-5-14(18)16-9-8-15(19-16)13-7-6-12(17)10-11(13)4-2/h6-10H,3-5H2,1-2H3. The Morgan fingerprint density at radius 1 is 1.21 bits per heavy atom. The zero-order chi connectivity index (χ0) is 13.8. The van der Waals surface area contributed by atoms with Gasteiger partial charge >= 0.3 is 0 Å². The van der Waals surface area contributed by atoms with E-state index in [4.69, 9.17) is 0 Å². The molecule has 0 bridgehead atoms. The van der Waals surface area contributed by atoms with Crippen molar-refractivity contribution < 1.29 is 4.79 Å². The maximum atomic E-state index is 11.9. The second-order valence-corrected chi connectivity index (χ2v) is 6.49. The minimum Gasteiger partial charge on any atom is -0.293 e. The van der Waals surface area contributed by atoms with Crippen molar-refractivity contribution in [2.75, 3.05) is 0 Å². The Bertz CT molecular complexity index is 586. The summed E-state index contributed by atoms with van der Waals surface area (Å²) in [6, 6.07) is 10.4. The Labute approximate surface area is 126 Å². The summed E-state index contributed by atoms with van der Waals surface area (Å²) in [5.74, 6) is 0.258. The number of benzene rings is 1. The smallest absolute Gasteiger partial charge is 0.172 e. The minimum atomic E-state index is 0.258. The average molecular weight is 337 g/mol. The van der Waals surface area contributed by atoms with Crippen LogP contribution in [0.3, 0.4) is 0 Å². The summed E-state index contributed by atoms with van der Waals surface area (Å²) >= 11 is 5.11. The first-order chi connectivity index (χ1) is 9.15. The highest BCUT2D eigenvalue weighted by Crippen LogP contribution is 2.33. The molecule has 0 aliphatic heterocycles. The molecular formula is C16H17BrOS. The maximum Gasteiger partial charge on any atom is 0.172 e. The number of carbonyl (C=O) groups excluding carboxylic acids is 1. The molecule has 0 saturated carbocycles. The first-order valence-electron chi connectivity index (χ1n) is 6.57. The third-order valence-corrected chi connectivity index (χ3v) is 4.72. The molecule has 0 aliphatic rings. The van der Waals surface area contributed by atoms with E-state index in [-0.39, 0.29) is 5.78 Å². The molecule has 0 amide bonds. The number of rotatable bonds is 5. The molecule has 0 radical (unpaired) electrons. The van der Waals surface area contributed by atoms with Crippen LogP contribution in [0.1, 0.15) is 41.9 Å². The lowest BCUT2D eigenvalue weighted by Crippen LogP contribution is -1.93. The van der Waals surface area contributed by atoms with Crippen LogP contribution in [-0.4, -0.2) is 5.78 Å². The van der Waals surface area contributed by atoms with Gasteiger partial charge in [-0.05, 0) is 48.2 Å². The SMILES string of the molecule is CCCC(=O)c1ccc(-c2ccc(Br)cc2CC)s1. The van der Waals surface area contributed by atoms with E-state index >= 15 is 0 Å². The van der Waals surface area contributed by atoms with Crippen LogP contribution in [0.15, 0.2) is 34.8 Å². The second-order valence-electron chi connectivity index (χ2n) is 4.49. The molecule has 1 nitrogen and oxygen atoms in total. The molecule has 2 aromatic rings. The summed E-state index contributed by atoms with van der Waals surface area (Å²) in [4.78, 5) is 14.0. The Morgan fingerprint density at radius 2 is 2.00 bits per heavy atom. The van der Waals surface area contributed by atoms with Crippen molar-refractivity contribution >= 4 is 33.0 Å². The van der Waals surface area contributed by atoms with Crippen molar-refractivity contribution in [3.8, 4) is 10.4 Å². The third-order valence-electron chi connectivity index (χ3n) is 3.07. The molecule has 0 saturated heterocycles. The summed E-state index contributed by atoms with van der Waals surface area (Å²) in [5.41, 5.74) is 2.55. The quantitative estimate of drug-likeness (QED) is 0.638. The van der Waals surface area contributed by atoms with E-state index in [2.05, 4.69) is 47.1 Å². The third kappa shape index (κ3) is 3.34. The van der Waals surface area contributed by atoms with Crippen molar-refractivity contribution in [2.45, 2.75) is 33.1 Å². The number of hydrogen-bond donors (Lipinski definition) is 0. The number of aryl methyl sites for hydroxylation is 1. The molecule has 3 heteroatoms. The Morgan fingerprint density at radius 3 is 2.68 bits per heavy atom. The van der Waals surface area contributed by atoms with Crippen molar-refractivity contribution in [1.82, 2.24) is 0 Å². The zero-order valence-corrected chi connectivity index (χ0v) is 13.6. The van der Waals surface area contributed by atoms with Crippen molar-refractivity contribution in [3.63, 3.8) is 0 Å². The van der Waals surface area contributed by atoms with Crippen LogP contribution in [0.5, 0.6) is 0 Å². The lowest BCUT2D eigenvalue weighted by molar-refractivity contribution is 0.0985. The molecular weight excluding hydrogens is 320 g/mol. The summed E-state index contributed by atoms with van der Waals surface area (Å²) in [7, 11) is 0. The molecule has 1 heterocycles. The van der Waals surface area contributed by atoms with Gasteiger partial charge in [0.05, 0.1) is 4.88 Å². The fourth-order valence-electron chi connectivity index (χ4n) is 2.08. The van der Waals surface area contributed by atoms with Crippen LogP contribution in [0.4, 0.5) is 0 Å². The molecule has 0 N–H and O–H groups in total. The van der Waals surface area contributed by atoms with E-state index < -0.39 is 0 Å². The number of Topliss-reactive ketones (excluding diaryl/α,β-unsaturated/α-hetero) is 1. The molecule has 19 heavy (non-hydrogen) atoms. The molecule has 2 rings (SSSR count). The monoisotopic (exact) mass is 336 g/mol. The minimum absolute atomic E-state index is 0.258. The van der Waals surface area contributed by atoms with Gasteiger partial charge in [-0.25, -0.2) is 0 Å². The Kier molecular flexibility index (Phi) is 4.94. The normalized spacial score (nSPS) is 10.7. The molecule has 0 spiro atoms. The highest BCUT2D eigenvalue weighted by molar-refractivity contribution is 9.10. The molecule has 1 aromatic heterocycles. The van der Waals surface area contributed by atoms with Crippen LogP contribution in [0, 0.1) is 0 Å². The van der Waals surface area contributed by atoms with Gasteiger partial charge in [0.2, 0.25) is 0 Å². The van der Waals surface area contributed by atoms with Gasteiger partial charge in [0.25, 0.3) is 0 Å². The Hall–Kier alpha value is -0.930. The maximum absolute atomic E-state index is 11.9. The van der Waals surface area contributed by atoms with Crippen molar-refractivity contribution in [3.05, 3.63) is 45.2 Å². The van der Waals surface area contributed by atoms with E-state index in [0.29, 0.717) is 6.42 Å². The Balaban J connectivity index is 2.35. The van der Waals surface area contributed by atoms with Crippen LogP contribution in [0.25, 0.3) is 10.4 Å². The molecule has 0 atom stereocenters. The van der Waals surface area contributed by atoms with Gasteiger partial charge in [-0.2, -0.15) is 0 Å². The van der Waals surface area contributed by atoms with E-state index in [1.807, 2.05) is 13.0 Å². The zero-order valence-electron chi connectivity index (χ0n) is 11.2. The topological polar surface area (TPSA) is 17.1 Å². The predicted molar refractivity (Wildman–Crippen MR) is 86.1 cm³/mol. The highest BCUT2D eigenvalue weighted by Gasteiger charge is 2.11. The lowest BCUT2D eigenvalue weighted by Gasteiger charge is -2.06. The predicted octanol–water partition coefficient (Wildman–Crippen LogP) is 5.72. The lowest BCUT2D eigenvalue weighted by atomic mass is 10.0. The number of halogens is 1. The van der Waals surface area contributed by atoms with Gasteiger partial charge in [-0.1, -0.05) is 35.8 Å². The van der Waals surface area contributed by atoms with Crippen molar-refractivity contribution in [1.29, 1.82) is 0 Å². The second kappa shape index (κ2) is 6.49. The van der Waals surface area contributed by atoms with Crippen LogP contribution in [0.2, 0.25) is 0 Å². The molecule has 1 aromatic carbocycles. The number of hydrogen-bond acceptors (Lipinski definition) is 2. The largest absolute Gasteiger partial charge is 0.293 e. The number of ketones is 1. The van der Waals surface area contributed by atoms with Crippen LogP contribution >= 0.6 is 27.3 Å². The van der Waals surface area contributed by atoms with Crippen molar-refractivity contribution in [2.24, 2.45) is 0 Å². The summed E-state index contributed by atoms with van der Waals surface area (Å²) in [5, 5.41) is 0. The molecule has 0 unspecified atom stereocenters. The van der Waals surface area contributed by atoms with E-state index in [0.717, 1.165) is 22.2 Å². The molecule has 0 fully saturated rings. The van der Waals surface area contributed by atoms with Gasteiger partial charge in [-0.3, -0.25) is 4.79 Å². The first-order valence-corrected chi connectivity index (χ1v) is 8.18. The average Bonchev–Trinajstić information content (AvgIpc) is 2.88. The number of carbonyl (C=O) groups is 1. The first kappa shape index (κ1) is 14.5. The molecule has 0 aliphatic carbocycles.